The van der Waals surface area contributed by atoms with Crippen molar-refractivity contribution in [1.29, 1.82) is 0 Å². The summed E-state index contributed by atoms with van der Waals surface area (Å²) in [6.07, 6.45) is 0.167. The number of hydrogen-bond acceptors (Lipinski definition) is 3. The van der Waals surface area contributed by atoms with Gasteiger partial charge in [-0.2, -0.15) is 0 Å². The number of pyridine rings is 1. The summed E-state index contributed by atoms with van der Waals surface area (Å²) in [5.41, 5.74) is 1.44. The number of nitrogens with zero attached hydrogens (tertiary/aromatic N) is 2. The van der Waals surface area contributed by atoms with Crippen molar-refractivity contribution in [2.75, 3.05) is 13.1 Å². The first kappa shape index (κ1) is 21.0. The van der Waals surface area contributed by atoms with Crippen LogP contribution < -0.4 is 10.9 Å². The van der Waals surface area contributed by atoms with E-state index in [-0.39, 0.29) is 23.3 Å². The fourth-order valence-corrected chi connectivity index (χ4v) is 5.04. The Hall–Kier alpha value is -1.24. The van der Waals surface area contributed by atoms with Gasteiger partial charge in [-0.15, -0.1) is 0 Å². The van der Waals surface area contributed by atoms with Gasteiger partial charge in [-0.05, 0) is 42.7 Å². The molecule has 3 atom stereocenters. The standard InChI is InChI=1S/C20H19Cl4N3O2/c21-15-6-4-13(5-7-15)18(29)25-19(20(22,23)24)26-9-12-8-14(11-26)16-2-1-3-17(28)27(16)10-12/h1-7,12,14,19H,8-11H2,(H,25,29)/t12-,14+,19-/m1/s1. The highest BCUT2D eigenvalue weighted by Gasteiger charge is 2.44. The number of hydrogen-bond donors (Lipinski definition) is 1. The van der Waals surface area contributed by atoms with Crippen LogP contribution in [0.2, 0.25) is 5.02 Å². The molecule has 5 nitrogen and oxygen atoms in total. The van der Waals surface area contributed by atoms with Crippen LogP contribution in [0.25, 0.3) is 0 Å². The number of carbonyl (C=O) groups excluding carboxylic acids is 1. The van der Waals surface area contributed by atoms with Gasteiger partial charge in [-0.25, -0.2) is 0 Å². The fourth-order valence-electron chi connectivity index (χ4n) is 4.33. The van der Waals surface area contributed by atoms with E-state index >= 15 is 0 Å². The highest BCUT2D eigenvalue weighted by atomic mass is 35.6. The molecule has 1 saturated heterocycles. The lowest BCUT2D eigenvalue weighted by Crippen LogP contribution is -2.60. The van der Waals surface area contributed by atoms with Gasteiger partial charge in [0.25, 0.3) is 11.5 Å². The molecule has 1 fully saturated rings. The molecule has 4 rings (SSSR count). The molecule has 0 spiro atoms. The average molecular weight is 475 g/mol. The van der Waals surface area contributed by atoms with Gasteiger partial charge in [0.05, 0.1) is 0 Å². The van der Waals surface area contributed by atoms with E-state index in [0.29, 0.717) is 30.2 Å². The summed E-state index contributed by atoms with van der Waals surface area (Å²) < 4.78 is 0.122. The minimum absolute atomic E-state index is 0.0135. The zero-order chi connectivity index (χ0) is 20.8. The lowest BCUT2D eigenvalue weighted by molar-refractivity contribution is 0.0586. The topological polar surface area (TPSA) is 54.3 Å². The molecule has 29 heavy (non-hydrogen) atoms. The van der Waals surface area contributed by atoms with E-state index in [1.54, 1.807) is 36.4 Å². The van der Waals surface area contributed by atoms with Crippen LogP contribution in [0.4, 0.5) is 0 Å². The SMILES string of the molecule is O=C(N[C@H](N1C[C@H]2C[C@@H](C1)c1cccc(=O)n1C2)C(Cl)(Cl)Cl)c1ccc(Cl)cc1. The van der Waals surface area contributed by atoms with Crippen LogP contribution in [0.15, 0.2) is 47.3 Å². The molecule has 2 bridgehead atoms. The number of nitrogens with one attached hydrogen (secondary N) is 1. The second-order valence-corrected chi connectivity index (χ2v) is 10.4. The number of fused-ring (bicyclic) bond motifs is 4. The number of alkyl halides is 3. The van der Waals surface area contributed by atoms with Crippen molar-refractivity contribution in [3.8, 4) is 0 Å². The van der Waals surface area contributed by atoms with Gasteiger partial charge in [0.1, 0.15) is 6.17 Å². The van der Waals surface area contributed by atoms with Crippen LogP contribution in [-0.2, 0) is 6.54 Å². The molecule has 2 aliphatic heterocycles. The molecule has 154 valence electrons. The van der Waals surface area contributed by atoms with E-state index < -0.39 is 9.96 Å². The zero-order valence-electron chi connectivity index (χ0n) is 15.3. The highest BCUT2D eigenvalue weighted by Crippen LogP contribution is 2.40. The third-order valence-corrected chi connectivity index (χ3v) is 6.43. The minimum Gasteiger partial charge on any atom is -0.332 e. The first-order valence-corrected chi connectivity index (χ1v) is 10.8. The monoisotopic (exact) mass is 473 g/mol. The Bertz CT molecular complexity index is 971. The first-order valence-electron chi connectivity index (χ1n) is 9.29. The third-order valence-electron chi connectivity index (χ3n) is 5.56. The Kier molecular flexibility index (Phi) is 5.88. The Balaban J connectivity index is 1.58. The number of carbonyl (C=O) groups is 1. The third kappa shape index (κ3) is 4.44. The second-order valence-electron chi connectivity index (χ2n) is 7.58. The Morgan fingerprint density at radius 1 is 1.07 bits per heavy atom. The second kappa shape index (κ2) is 8.12. The molecule has 1 amide bonds. The molecular formula is C20H19Cl4N3O2. The zero-order valence-corrected chi connectivity index (χ0v) is 18.3. The van der Waals surface area contributed by atoms with Crippen LogP contribution in [0, 0.1) is 5.92 Å². The molecule has 2 aliphatic rings. The number of amides is 1. The molecule has 1 N–H and O–H groups in total. The van der Waals surface area contributed by atoms with Crippen LogP contribution in [0.1, 0.15) is 28.4 Å². The highest BCUT2D eigenvalue weighted by molar-refractivity contribution is 6.68. The largest absolute Gasteiger partial charge is 0.332 e. The Morgan fingerprint density at radius 3 is 2.48 bits per heavy atom. The van der Waals surface area contributed by atoms with E-state index in [2.05, 4.69) is 5.32 Å². The fraction of sp³-hybridized carbons (Fsp3) is 0.400. The van der Waals surface area contributed by atoms with Crippen molar-refractivity contribution in [1.82, 2.24) is 14.8 Å². The first-order chi connectivity index (χ1) is 13.7. The van der Waals surface area contributed by atoms with Crippen molar-refractivity contribution in [3.63, 3.8) is 0 Å². The summed E-state index contributed by atoms with van der Waals surface area (Å²) >= 11 is 24.7. The van der Waals surface area contributed by atoms with E-state index in [1.807, 2.05) is 15.5 Å². The van der Waals surface area contributed by atoms with Crippen LogP contribution in [-0.4, -0.2) is 38.4 Å². The maximum absolute atomic E-state index is 12.7. The van der Waals surface area contributed by atoms with Crippen molar-refractivity contribution >= 4 is 52.3 Å². The summed E-state index contributed by atoms with van der Waals surface area (Å²) in [7, 11) is 0. The minimum atomic E-state index is -1.72. The molecule has 3 heterocycles. The normalized spacial score (nSPS) is 22.6. The maximum Gasteiger partial charge on any atom is 0.252 e. The molecule has 0 radical (unpaired) electrons. The number of piperidine rings is 1. The molecule has 1 aromatic carbocycles. The van der Waals surface area contributed by atoms with Crippen LogP contribution in [0.3, 0.4) is 0 Å². The Labute approximate surface area is 188 Å². The predicted octanol–water partition coefficient (Wildman–Crippen LogP) is 4.05. The molecule has 9 heteroatoms. The number of benzene rings is 1. The summed E-state index contributed by atoms with van der Waals surface area (Å²) in [5, 5.41) is 3.41. The van der Waals surface area contributed by atoms with Crippen molar-refractivity contribution in [2.24, 2.45) is 5.92 Å². The average Bonchev–Trinajstić information content (AvgIpc) is 2.66. The van der Waals surface area contributed by atoms with E-state index in [4.69, 9.17) is 46.4 Å². The lowest BCUT2D eigenvalue weighted by atomic mass is 9.83. The van der Waals surface area contributed by atoms with Gasteiger partial charge in [0.15, 0.2) is 0 Å². The Morgan fingerprint density at radius 2 is 1.79 bits per heavy atom. The molecule has 1 aromatic heterocycles. The van der Waals surface area contributed by atoms with Crippen molar-refractivity contribution < 1.29 is 4.79 Å². The summed E-state index contributed by atoms with van der Waals surface area (Å²) in [5.74, 6) is 0.0349. The molecule has 2 aromatic rings. The van der Waals surface area contributed by atoms with Gasteiger partial charge in [-0.1, -0.05) is 52.5 Å². The number of rotatable bonds is 3. The van der Waals surface area contributed by atoms with Gasteiger partial charge < -0.3 is 9.88 Å². The van der Waals surface area contributed by atoms with E-state index in [0.717, 1.165) is 12.1 Å². The lowest BCUT2D eigenvalue weighted by Gasteiger charge is -2.47. The number of likely N-dealkylation sites (tertiary alicyclic amines) is 1. The number of halogens is 4. The summed E-state index contributed by atoms with van der Waals surface area (Å²) in [4.78, 5) is 27.0. The van der Waals surface area contributed by atoms with Gasteiger partial charge in [0, 0.05) is 47.9 Å². The van der Waals surface area contributed by atoms with Gasteiger partial charge in [-0.3, -0.25) is 14.5 Å². The molecule has 0 saturated carbocycles. The summed E-state index contributed by atoms with van der Waals surface area (Å²) in [6.45, 7) is 1.83. The van der Waals surface area contributed by atoms with Crippen LogP contribution >= 0.6 is 46.4 Å². The number of aromatic nitrogens is 1. The molecule has 0 unspecified atom stereocenters. The van der Waals surface area contributed by atoms with Crippen molar-refractivity contribution in [3.05, 3.63) is 69.1 Å². The van der Waals surface area contributed by atoms with Gasteiger partial charge >= 0.3 is 0 Å². The molecular weight excluding hydrogens is 456 g/mol. The van der Waals surface area contributed by atoms with E-state index in [9.17, 15) is 9.59 Å². The maximum atomic E-state index is 12.7. The summed E-state index contributed by atoms with van der Waals surface area (Å²) in [6, 6.07) is 11.9. The smallest absolute Gasteiger partial charge is 0.252 e. The van der Waals surface area contributed by atoms with Crippen LogP contribution in [0.5, 0.6) is 0 Å². The van der Waals surface area contributed by atoms with Crippen molar-refractivity contribution in [2.45, 2.75) is 28.8 Å². The quantitative estimate of drug-likeness (QED) is 0.682. The van der Waals surface area contributed by atoms with E-state index in [1.165, 1.54) is 0 Å². The molecule has 0 aliphatic carbocycles. The predicted molar refractivity (Wildman–Crippen MR) is 116 cm³/mol. The van der Waals surface area contributed by atoms with Gasteiger partial charge in [0.2, 0.25) is 3.79 Å².